The largest absolute Gasteiger partial charge is 0.480 e. The van der Waals surface area contributed by atoms with Gasteiger partial charge >= 0.3 is 5.97 Å². The number of pyridine rings is 1. The molecule has 124 valence electrons. The fraction of sp³-hybridized carbons (Fsp3) is 0.471. The molecule has 0 radical (unpaired) electrons. The van der Waals surface area contributed by atoms with Crippen LogP contribution in [0.2, 0.25) is 0 Å². The zero-order chi connectivity index (χ0) is 17.0. The summed E-state index contributed by atoms with van der Waals surface area (Å²) >= 11 is 0. The minimum Gasteiger partial charge on any atom is -0.480 e. The van der Waals surface area contributed by atoms with E-state index in [0.29, 0.717) is 29.9 Å². The van der Waals surface area contributed by atoms with Crippen molar-refractivity contribution < 1.29 is 14.7 Å². The Bertz CT molecular complexity index is 706. The minimum atomic E-state index is -1.02. The monoisotopic (exact) mass is 317 g/mol. The summed E-state index contributed by atoms with van der Waals surface area (Å²) in [6.45, 7) is 5.88. The lowest BCUT2D eigenvalue weighted by atomic mass is 10.0. The Morgan fingerprint density at radius 2 is 2.09 bits per heavy atom. The number of hydrogen-bond acceptors (Lipinski definition) is 3. The molecular weight excluding hydrogens is 294 g/mol. The second-order valence-corrected chi connectivity index (χ2v) is 6.08. The van der Waals surface area contributed by atoms with Gasteiger partial charge in [0, 0.05) is 6.20 Å². The average molecular weight is 317 g/mol. The number of amides is 1. The summed E-state index contributed by atoms with van der Waals surface area (Å²) in [4.78, 5) is 28.5. The number of aryl methyl sites for hydroxylation is 1. The Morgan fingerprint density at radius 1 is 1.35 bits per heavy atom. The Labute approximate surface area is 135 Å². The van der Waals surface area contributed by atoms with Gasteiger partial charge in [0.05, 0.1) is 5.69 Å². The summed E-state index contributed by atoms with van der Waals surface area (Å²) in [6.07, 6.45) is 3.69. The van der Waals surface area contributed by atoms with Gasteiger partial charge in [-0.05, 0) is 30.9 Å². The first-order valence-corrected chi connectivity index (χ1v) is 7.93. The average Bonchev–Trinajstić information content (AvgIpc) is 2.84. The first-order valence-electron chi connectivity index (χ1n) is 7.93. The molecule has 0 saturated heterocycles. The molecule has 0 aromatic carbocycles. The third-order valence-electron chi connectivity index (χ3n) is 3.61. The Hall–Kier alpha value is -2.37. The smallest absolute Gasteiger partial charge is 0.326 e. The Kier molecular flexibility index (Phi) is 5.36. The van der Waals surface area contributed by atoms with Crippen LogP contribution in [0.5, 0.6) is 0 Å². The molecule has 2 aromatic rings. The highest BCUT2D eigenvalue weighted by Gasteiger charge is 2.25. The number of aromatic nitrogens is 2. The number of hydrogen-bond donors (Lipinski definition) is 2. The van der Waals surface area contributed by atoms with Crippen LogP contribution in [0.15, 0.2) is 24.4 Å². The zero-order valence-corrected chi connectivity index (χ0v) is 13.7. The number of nitrogens with one attached hydrogen (secondary N) is 1. The Morgan fingerprint density at radius 3 is 2.70 bits per heavy atom. The molecule has 0 aliphatic heterocycles. The molecule has 2 heterocycles. The topological polar surface area (TPSA) is 83.7 Å². The molecule has 0 aliphatic rings. The van der Waals surface area contributed by atoms with Crippen LogP contribution >= 0.6 is 0 Å². The van der Waals surface area contributed by atoms with E-state index in [-0.39, 0.29) is 11.8 Å². The van der Waals surface area contributed by atoms with Crippen LogP contribution in [-0.4, -0.2) is 32.4 Å². The van der Waals surface area contributed by atoms with Crippen molar-refractivity contribution in [3.63, 3.8) is 0 Å². The van der Waals surface area contributed by atoms with Crippen molar-refractivity contribution in [1.82, 2.24) is 14.7 Å². The number of imidazole rings is 1. The van der Waals surface area contributed by atoms with Gasteiger partial charge in [0.2, 0.25) is 0 Å². The number of carbonyl (C=O) groups excluding carboxylic acids is 1. The van der Waals surface area contributed by atoms with Crippen LogP contribution < -0.4 is 5.32 Å². The van der Waals surface area contributed by atoms with Crippen molar-refractivity contribution >= 4 is 17.5 Å². The minimum absolute atomic E-state index is 0.175. The molecule has 2 rings (SSSR count). The molecule has 2 N–H and O–H groups in total. The number of rotatable bonds is 7. The lowest BCUT2D eigenvalue weighted by Crippen LogP contribution is -2.42. The molecular formula is C17H23N3O3. The van der Waals surface area contributed by atoms with Gasteiger partial charge in [0.1, 0.15) is 17.4 Å². The first kappa shape index (κ1) is 17.0. The fourth-order valence-corrected chi connectivity index (χ4v) is 2.62. The van der Waals surface area contributed by atoms with E-state index in [4.69, 9.17) is 0 Å². The Balaban J connectivity index is 2.35. The van der Waals surface area contributed by atoms with Crippen molar-refractivity contribution in [2.24, 2.45) is 5.92 Å². The van der Waals surface area contributed by atoms with E-state index >= 15 is 0 Å². The molecule has 6 nitrogen and oxygen atoms in total. The zero-order valence-electron chi connectivity index (χ0n) is 13.7. The quantitative estimate of drug-likeness (QED) is 0.822. The first-order chi connectivity index (χ1) is 10.9. The number of fused-ring (bicyclic) bond motifs is 1. The molecule has 1 amide bonds. The van der Waals surface area contributed by atoms with Gasteiger partial charge in [-0.15, -0.1) is 0 Å². The molecule has 6 heteroatoms. The highest BCUT2D eigenvalue weighted by atomic mass is 16.4. The highest BCUT2D eigenvalue weighted by molar-refractivity contribution is 5.97. The van der Waals surface area contributed by atoms with Crippen LogP contribution in [-0.2, 0) is 11.2 Å². The third-order valence-corrected chi connectivity index (χ3v) is 3.61. The lowest BCUT2D eigenvalue weighted by Gasteiger charge is -2.16. The van der Waals surface area contributed by atoms with Crippen molar-refractivity contribution in [3.8, 4) is 0 Å². The maximum Gasteiger partial charge on any atom is 0.326 e. The maximum absolute atomic E-state index is 12.7. The molecule has 0 saturated carbocycles. The van der Waals surface area contributed by atoms with Crippen molar-refractivity contribution in [2.75, 3.05) is 0 Å². The van der Waals surface area contributed by atoms with Crippen molar-refractivity contribution in [2.45, 2.75) is 46.1 Å². The van der Waals surface area contributed by atoms with E-state index in [0.717, 1.165) is 6.42 Å². The van der Waals surface area contributed by atoms with Crippen LogP contribution in [0.1, 0.15) is 49.8 Å². The van der Waals surface area contributed by atoms with Gasteiger partial charge in [-0.3, -0.25) is 9.20 Å². The summed E-state index contributed by atoms with van der Waals surface area (Å²) in [5.41, 5.74) is 1.82. The highest BCUT2D eigenvalue weighted by Crippen LogP contribution is 2.15. The van der Waals surface area contributed by atoms with Gasteiger partial charge in [-0.2, -0.15) is 0 Å². The molecule has 1 atom stereocenters. The number of aliphatic carboxylic acids is 1. The van der Waals surface area contributed by atoms with Crippen LogP contribution in [0.4, 0.5) is 0 Å². The number of carbonyl (C=O) groups is 2. The predicted molar refractivity (Wildman–Crippen MR) is 87.5 cm³/mol. The fourth-order valence-electron chi connectivity index (χ4n) is 2.62. The summed E-state index contributed by atoms with van der Waals surface area (Å²) in [5.74, 6) is -1.23. The number of nitrogens with zero attached hydrogens (tertiary/aromatic N) is 2. The molecule has 0 fully saturated rings. The van der Waals surface area contributed by atoms with Crippen LogP contribution in [0, 0.1) is 5.92 Å². The normalized spacial score (nSPS) is 12.5. The second-order valence-electron chi connectivity index (χ2n) is 6.08. The van der Waals surface area contributed by atoms with Gasteiger partial charge in [-0.25, -0.2) is 9.78 Å². The number of carboxylic acid groups (broad SMARTS) is 1. The van der Waals surface area contributed by atoms with Gasteiger partial charge in [-0.1, -0.05) is 33.3 Å². The molecule has 2 aromatic heterocycles. The SMILES string of the molecule is CCCc1nc2ccccn2c1C(=O)NC(CC(C)C)C(=O)O. The molecule has 0 aliphatic carbocycles. The van der Waals surface area contributed by atoms with E-state index < -0.39 is 12.0 Å². The molecule has 0 bridgehead atoms. The predicted octanol–water partition coefficient (Wildman–Crippen LogP) is 2.52. The van der Waals surface area contributed by atoms with Crippen LogP contribution in [0.3, 0.4) is 0 Å². The molecule has 1 unspecified atom stereocenters. The standard InChI is InChI=1S/C17H23N3O3/c1-4-7-12-15(20-9-6-5-8-14(20)18-12)16(21)19-13(17(22)23)10-11(2)3/h5-6,8-9,11,13H,4,7,10H2,1-3H3,(H,19,21)(H,22,23). The third kappa shape index (κ3) is 3.88. The van der Waals surface area contributed by atoms with Gasteiger partial charge in [0.25, 0.3) is 5.91 Å². The van der Waals surface area contributed by atoms with Crippen molar-refractivity contribution in [3.05, 3.63) is 35.8 Å². The van der Waals surface area contributed by atoms with E-state index in [1.165, 1.54) is 0 Å². The molecule has 0 spiro atoms. The van der Waals surface area contributed by atoms with Gasteiger partial charge in [0.15, 0.2) is 0 Å². The lowest BCUT2D eigenvalue weighted by molar-refractivity contribution is -0.139. The summed E-state index contributed by atoms with van der Waals surface area (Å²) in [5, 5.41) is 12.0. The van der Waals surface area contributed by atoms with E-state index in [1.54, 1.807) is 10.6 Å². The summed E-state index contributed by atoms with van der Waals surface area (Å²) in [7, 11) is 0. The van der Waals surface area contributed by atoms with Crippen molar-refractivity contribution in [1.29, 1.82) is 0 Å². The van der Waals surface area contributed by atoms with E-state index in [1.807, 2.05) is 39.0 Å². The second kappa shape index (κ2) is 7.26. The summed E-state index contributed by atoms with van der Waals surface area (Å²) < 4.78 is 1.72. The maximum atomic E-state index is 12.7. The number of carboxylic acids is 1. The molecule has 23 heavy (non-hydrogen) atoms. The van der Waals surface area contributed by atoms with Gasteiger partial charge < -0.3 is 10.4 Å². The summed E-state index contributed by atoms with van der Waals surface area (Å²) in [6, 6.07) is 4.62. The van der Waals surface area contributed by atoms with E-state index in [9.17, 15) is 14.7 Å². The van der Waals surface area contributed by atoms with E-state index in [2.05, 4.69) is 10.3 Å². The van der Waals surface area contributed by atoms with Crippen LogP contribution in [0.25, 0.3) is 5.65 Å².